The molecule has 1 aromatic heterocycles. The molecule has 1 fully saturated rings. The van der Waals surface area contributed by atoms with Gasteiger partial charge in [0.15, 0.2) is 5.43 Å². The molecule has 0 aliphatic carbocycles. The Bertz CT molecular complexity index is 692. The number of aryl methyl sites for hydroxylation is 1. The average Bonchev–Trinajstić information content (AvgIpc) is 2.38. The van der Waals surface area contributed by atoms with Crippen LogP contribution in [0.25, 0.3) is 11.0 Å². The van der Waals surface area contributed by atoms with Gasteiger partial charge in [-0.2, -0.15) is 0 Å². The van der Waals surface area contributed by atoms with E-state index in [4.69, 9.17) is 4.42 Å². The summed E-state index contributed by atoms with van der Waals surface area (Å²) in [5, 5.41) is 10.9. The van der Waals surface area contributed by atoms with E-state index in [1.807, 2.05) is 19.2 Å². The Hall–Kier alpha value is -1.65. The van der Waals surface area contributed by atoms with Gasteiger partial charge in [0.25, 0.3) is 0 Å². The number of fused-ring (bicyclic) bond motifs is 1. The molecule has 4 nitrogen and oxygen atoms in total. The number of piperidine rings is 1. The van der Waals surface area contributed by atoms with Gasteiger partial charge in [-0.1, -0.05) is 12.1 Å². The van der Waals surface area contributed by atoms with E-state index in [1.165, 1.54) is 6.07 Å². The van der Waals surface area contributed by atoms with Crippen LogP contribution in [0.2, 0.25) is 0 Å². The lowest BCUT2D eigenvalue weighted by molar-refractivity contribution is 0.0639. The first-order chi connectivity index (χ1) is 9.56. The molecule has 1 saturated heterocycles. The van der Waals surface area contributed by atoms with Gasteiger partial charge in [0.1, 0.15) is 11.3 Å². The minimum atomic E-state index is -0.426. The topological polar surface area (TPSA) is 53.7 Å². The van der Waals surface area contributed by atoms with Gasteiger partial charge in [-0.15, -0.1) is 0 Å². The smallest absolute Gasteiger partial charge is 0.192 e. The van der Waals surface area contributed by atoms with Crippen LogP contribution in [-0.2, 0) is 0 Å². The van der Waals surface area contributed by atoms with Crippen LogP contribution >= 0.6 is 0 Å². The van der Waals surface area contributed by atoms with Gasteiger partial charge in [-0.25, -0.2) is 0 Å². The second-order valence-corrected chi connectivity index (χ2v) is 5.67. The maximum atomic E-state index is 12.0. The van der Waals surface area contributed by atoms with E-state index in [0.717, 1.165) is 18.5 Å². The van der Waals surface area contributed by atoms with Crippen LogP contribution in [0.1, 0.15) is 23.7 Å². The third kappa shape index (κ3) is 2.25. The first-order valence-electron chi connectivity index (χ1n) is 6.96. The van der Waals surface area contributed by atoms with E-state index in [2.05, 4.69) is 4.90 Å². The number of aliphatic hydroxyl groups excluding tert-OH is 1. The molecule has 3 rings (SSSR count). The molecule has 0 saturated carbocycles. The van der Waals surface area contributed by atoms with Crippen LogP contribution in [0, 0.1) is 6.92 Å². The van der Waals surface area contributed by atoms with Crippen molar-refractivity contribution in [3.8, 4) is 0 Å². The van der Waals surface area contributed by atoms with Crippen molar-refractivity contribution in [1.82, 2.24) is 4.90 Å². The molecule has 0 amide bonds. The molecule has 0 spiro atoms. The highest BCUT2D eigenvalue weighted by atomic mass is 16.3. The number of likely N-dealkylation sites (N-methyl/N-ethyl adjacent to an activating group) is 1. The second-order valence-electron chi connectivity index (χ2n) is 5.67. The van der Waals surface area contributed by atoms with E-state index in [0.29, 0.717) is 23.3 Å². The average molecular weight is 273 g/mol. The lowest BCUT2D eigenvalue weighted by Crippen LogP contribution is -2.40. The zero-order chi connectivity index (χ0) is 14.3. The molecule has 1 aliphatic heterocycles. The summed E-state index contributed by atoms with van der Waals surface area (Å²) in [7, 11) is 2.01. The minimum absolute atomic E-state index is 0.0204. The molecule has 2 aromatic rings. The fourth-order valence-corrected chi connectivity index (χ4v) is 3.06. The van der Waals surface area contributed by atoms with E-state index in [1.54, 1.807) is 13.0 Å². The maximum Gasteiger partial charge on any atom is 0.192 e. The third-order valence-corrected chi connectivity index (χ3v) is 4.09. The molecule has 0 bridgehead atoms. The summed E-state index contributed by atoms with van der Waals surface area (Å²) < 4.78 is 5.78. The first kappa shape index (κ1) is 13.3. The van der Waals surface area contributed by atoms with Crippen LogP contribution in [0.3, 0.4) is 0 Å². The first-order valence-corrected chi connectivity index (χ1v) is 6.96. The Balaban J connectivity index is 2.14. The molecule has 106 valence electrons. The Kier molecular flexibility index (Phi) is 3.36. The summed E-state index contributed by atoms with van der Waals surface area (Å²) in [5.74, 6) is 0.636. The number of para-hydroxylation sites is 1. The highest BCUT2D eigenvalue weighted by molar-refractivity contribution is 5.80. The zero-order valence-corrected chi connectivity index (χ0v) is 11.8. The van der Waals surface area contributed by atoms with Gasteiger partial charge in [0.2, 0.25) is 0 Å². The largest absolute Gasteiger partial charge is 0.461 e. The fraction of sp³-hybridized carbons (Fsp3) is 0.438. The summed E-state index contributed by atoms with van der Waals surface area (Å²) >= 11 is 0. The van der Waals surface area contributed by atoms with Crippen molar-refractivity contribution in [2.24, 2.45) is 0 Å². The molecule has 1 aromatic carbocycles. The van der Waals surface area contributed by atoms with Gasteiger partial charge in [-0.3, -0.25) is 4.79 Å². The van der Waals surface area contributed by atoms with Crippen molar-refractivity contribution in [2.75, 3.05) is 20.1 Å². The molecule has 2 atom stereocenters. The Morgan fingerprint density at radius 2 is 2.20 bits per heavy atom. The number of likely N-dealkylation sites (tertiary alicyclic amines) is 1. The fourth-order valence-electron chi connectivity index (χ4n) is 3.06. The molecular formula is C16H19NO3. The Morgan fingerprint density at radius 1 is 1.40 bits per heavy atom. The number of hydrogen-bond donors (Lipinski definition) is 1. The molecule has 2 heterocycles. The van der Waals surface area contributed by atoms with Crippen molar-refractivity contribution < 1.29 is 9.52 Å². The lowest BCUT2D eigenvalue weighted by atomic mass is 9.86. The van der Waals surface area contributed by atoms with Crippen molar-refractivity contribution >= 4 is 11.0 Å². The monoisotopic (exact) mass is 273 g/mol. The summed E-state index contributed by atoms with van der Waals surface area (Å²) in [6.07, 6.45) is 0.444. The highest BCUT2D eigenvalue weighted by Gasteiger charge is 2.29. The van der Waals surface area contributed by atoms with Crippen molar-refractivity contribution in [3.05, 3.63) is 45.8 Å². The van der Waals surface area contributed by atoms with Crippen LogP contribution in [0.15, 0.2) is 33.5 Å². The normalized spacial score (nSPS) is 24.1. The third-order valence-electron chi connectivity index (χ3n) is 4.09. The number of hydrogen-bond acceptors (Lipinski definition) is 4. The van der Waals surface area contributed by atoms with Gasteiger partial charge in [0.05, 0.1) is 11.5 Å². The number of rotatable bonds is 1. The second kappa shape index (κ2) is 5.04. The summed E-state index contributed by atoms with van der Waals surface area (Å²) in [6.45, 7) is 3.37. The minimum Gasteiger partial charge on any atom is -0.461 e. The van der Waals surface area contributed by atoms with Gasteiger partial charge >= 0.3 is 0 Å². The predicted molar refractivity (Wildman–Crippen MR) is 78.1 cm³/mol. The SMILES string of the molecule is Cc1cc(=O)c2cccc(C3CCN(C)CC3O)c2o1. The van der Waals surface area contributed by atoms with Crippen molar-refractivity contribution in [1.29, 1.82) is 0 Å². The van der Waals surface area contributed by atoms with Crippen LogP contribution in [0.4, 0.5) is 0 Å². The summed E-state index contributed by atoms with van der Waals surface area (Å²) in [5.41, 5.74) is 1.56. The highest BCUT2D eigenvalue weighted by Crippen LogP contribution is 2.32. The number of benzene rings is 1. The van der Waals surface area contributed by atoms with E-state index in [9.17, 15) is 9.90 Å². The standard InChI is InChI=1S/C16H19NO3/c1-10-8-14(18)13-5-3-4-12(16(13)20-10)11-6-7-17(2)9-15(11)19/h3-5,8,11,15,19H,6-7,9H2,1-2H3. The van der Waals surface area contributed by atoms with E-state index < -0.39 is 6.10 Å². The molecule has 0 radical (unpaired) electrons. The molecular weight excluding hydrogens is 254 g/mol. The van der Waals surface area contributed by atoms with E-state index in [-0.39, 0.29) is 11.3 Å². The van der Waals surface area contributed by atoms with Crippen LogP contribution in [0.5, 0.6) is 0 Å². The number of nitrogens with zero attached hydrogens (tertiary/aromatic N) is 1. The summed E-state index contributed by atoms with van der Waals surface area (Å²) in [6, 6.07) is 7.13. The predicted octanol–water partition coefficient (Wildman–Crippen LogP) is 1.88. The Morgan fingerprint density at radius 3 is 2.95 bits per heavy atom. The van der Waals surface area contributed by atoms with Gasteiger partial charge in [-0.05, 0) is 33.0 Å². The number of β-amino-alcohol motifs (C(OH)–C–C–N with tert-alkyl or cyclic N) is 1. The van der Waals surface area contributed by atoms with Crippen molar-refractivity contribution in [2.45, 2.75) is 25.4 Å². The molecule has 4 heteroatoms. The van der Waals surface area contributed by atoms with Gasteiger partial charge < -0.3 is 14.4 Å². The lowest BCUT2D eigenvalue weighted by Gasteiger charge is -2.34. The quantitative estimate of drug-likeness (QED) is 0.862. The molecule has 2 unspecified atom stereocenters. The Labute approximate surface area is 117 Å². The molecule has 1 N–H and O–H groups in total. The molecule has 1 aliphatic rings. The van der Waals surface area contributed by atoms with Gasteiger partial charge in [0, 0.05) is 24.1 Å². The van der Waals surface area contributed by atoms with Crippen molar-refractivity contribution in [3.63, 3.8) is 0 Å². The zero-order valence-electron chi connectivity index (χ0n) is 11.8. The van der Waals surface area contributed by atoms with Crippen LogP contribution in [-0.4, -0.2) is 36.2 Å². The molecule has 20 heavy (non-hydrogen) atoms. The van der Waals surface area contributed by atoms with E-state index >= 15 is 0 Å². The maximum absolute atomic E-state index is 12.0. The van der Waals surface area contributed by atoms with Crippen LogP contribution < -0.4 is 5.43 Å². The number of aliphatic hydroxyl groups is 1. The summed E-state index contributed by atoms with van der Waals surface area (Å²) in [4.78, 5) is 14.2.